The summed E-state index contributed by atoms with van der Waals surface area (Å²) in [6.45, 7) is 0. The lowest BCUT2D eigenvalue weighted by Gasteiger charge is -2.07. The van der Waals surface area contributed by atoms with Crippen molar-refractivity contribution in [3.63, 3.8) is 0 Å². The molecule has 1 aromatic carbocycles. The van der Waals surface area contributed by atoms with Crippen LogP contribution >= 0.6 is 0 Å². The molecule has 2 heteroatoms. The van der Waals surface area contributed by atoms with Crippen molar-refractivity contribution in [3.05, 3.63) is 59.7 Å². The molecule has 0 fully saturated rings. The fourth-order valence-electron chi connectivity index (χ4n) is 2.62. The van der Waals surface area contributed by atoms with Gasteiger partial charge in [0.05, 0.1) is 12.1 Å². The molecule has 102 valence electrons. The fraction of sp³-hybridized carbons (Fsp3) is 0.333. The Morgan fingerprint density at radius 1 is 0.700 bits per heavy atom. The molecule has 1 aromatic rings. The van der Waals surface area contributed by atoms with Crippen LogP contribution in [0.3, 0.4) is 0 Å². The minimum absolute atomic E-state index is 0.390. The first-order chi connectivity index (χ1) is 9.90. The second-order valence-corrected chi connectivity index (χ2v) is 5.39. The van der Waals surface area contributed by atoms with Crippen molar-refractivity contribution in [3.8, 4) is 0 Å². The van der Waals surface area contributed by atoms with E-state index in [1.54, 1.807) is 0 Å². The lowest BCUT2D eigenvalue weighted by Crippen LogP contribution is -2.01. The van der Waals surface area contributed by atoms with E-state index in [-0.39, 0.29) is 0 Å². The number of allylic oxidation sites excluding steroid dienone is 2. The van der Waals surface area contributed by atoms with Crippen molar-refractivity contribution >= 4 is 12.4 Å². The van der Waals surface area contributed by atoms with E-state index in [1.165, 1.54) is 11.1 Å². The summed E-state index contributed by atoms with van der Waals surface area (Å²) in [5.41, 5.74) is 2.81. The van der Waals surface area contributed by atoms with Gasteiger partial charge in [-0.3, -0.25) is 9.98 Å². The van der Waals surface area contributed by atoms with Crippen LogP contribution in [-0.4, -0.2) is 24.5 Å². The standard InChI is InChI=1S/C18H20N2/c1-3-17(19-13-1)11-9-15-5-7-16(8-6-15)10-12-18-4-2-14-20-18/h1-8,13-14,17-18H,9-12H2. The summed E-state index contributed by atoms with van der Waals surface area (Å²) in [6.07, 6.45) is 16.6. The first-order valence-corrected chi connectivity index (χ1v) is 7.38. The highest BCUT2D eigenvalue weighted by molar-refractivity contribution is 5.74. The second-order valence-electron chi connectivity index (χ2n) is 5.39. The summed E-state index contributed by atoms with van der Waals surface area (Å²) in [5.74, 6) is 0. The molecule has 3 rings (SSSR count). The van der Waals surface area contributed by atoms with Crippen molar-refractivity contribution < 1.29 is 0 Å². The van der Waals surface area contributed by atoms with Gasteiger partial charge in [0.15, 0.2) is 0 Å². The predicted molar refractivity (Wildman–Crippen MR) is 85.9 cm³/mol. The Labute approximate surface area is 120 Å². The monoisotopic (exact) mass is 264 g/mol. The van der Waals surface area contributed by atoms with E-state index in [0.29, 0.717) is 12.1 Å². The van der Waals surface area contributed by atoms with Crippen LogP contribution in [0.4, 0.5) is 0 Å². The normalized spacial score (nSPS) is 23.0. The number of aliphatic imine (C=N–C) groups is 2. The fourth-order valence-corrected chi connectivity index (χ4v) is 2.62. The van der Waals surface area contributed by atoms with Gasteiger partial charge in [0.25, 0.3) is 0 Å². The Bertz CT molecular complexity index is 474. The zero-order valence-electron chi connectivity index (χ0n) is 11.7. The van der Waals surface area contributed by atoms with Crippen LogP contribution in [0.15, 0.2) is 58.6 Å². The Hall–Kier alpha value is -1.96. The van der Waals surface area contributed by atoms with Crippen LogP contribution in [0.1, 0.15) is 24.0 Å². The first kappa shape index (κ1) is 13.0. The van der Waals surface area contributed by atoms with Gasteiger partial charge >= 0.3 is 0 Å². The molecular formula is C18H20N2. The van der Waals surface area contributed by atoms with E-state index in [9.17, 15) is 0 Å². The number of hydrogen-bond acceptors (Lipinski definition) is 2. The topological polar surface area (TPSA) is 24.7 Å². The van der Waals surface area contributed by atoms with E-state index in [1.807, 2.05) is 24.6 Å². The Morgan fingerprint density at radius 2 is 1.15 bits per heavy atom. The van der Waals surface area contributed by atoms with Gasteiger partial charge in [0.2, 0.25) is 0 Å². The van der Waals surface area contributed by atoms with Gasteiger partial charge in [-0.1, -0.05) is 36.4 Å². The molecular weight excluding hydrogens is 244 g/mol. The van der Waals surface area contributed by atoms with Crippen LogP contribution in [-0.2, 0) is 12.8 Å². The van der Waals surface area contributed by atoms with E-state index in [2.05, 4.69) is 46.4 Å². The molecule has 2 unspecified atom stereocenters. The van der Waals surface area contributed by atoms with Gasteiger partial charge in [-0.05, 0) is 49.0 Å². The van der Waals surface area contributed by atoms with Crippen LogP contribution in [0.2, 0.25) is 0 Å². The zero-order chi connectivity index (χ0) is 13.6. The Morgan fingerprint density at radius 3 is 1.50 bits per heavy atom. The van der Waals surface area contributed by atoms with Crippen molar-refractivity contribution in [2.24, 2.45) is 9.98 Å². The minimum Gasteiger partial charge on any atom is -0.286 e. The maximum Gasteiger partial charge on any atom is 0.0686 e. The summed E-state index contributed by atoms with van der Waals surface area (Å²) in [4.78, 5) is 8.77. The highest BCUT2D eigenvalue weighted by Crippen LogP contribution is 2.14. The van der Waals surface area contributed by atoms with Gasteiger partial charge in [0.1, 0.15) is 0 Å². The van der Waals surface area contributed by atoms with Gasteiger partial charge in [-0.25, -0.2) is 0 Å². The molecule has 0 aromatic heterocycles. The van der Waals surface area contributed by atoms with E-state index >= 15 is 0 Å². The van der Waals surface area contributed by atoms with Gasteiger partial charge in [-0.2, -0.15) is 0 Å². The van der Waals surface area contributed by atoms with Crippen LogP contribution in [0, 0.1) is 0 Å². The highest BCUT2D eigenvalue weighted by atomic mass is 14.8. The maximum atomic E-state index is 4.39. The minimum atomic E-state index is 0.390. The molecule has 0 N–H and O–H groups in total. The molecule has 2 aliphatic rings. The summed E-state index contributed by atoms with van der Waals surface area (Å²) >= 11 is 0. The molecule has 0 spiro atoms. The Kier molecular flexibility index (Phi) is 4.22. The molecule has 0 amide bonds. The number of rotatable bonds is 6. The number of aryl methyl sites for hydroxylation is 2. The highest BCUT2D eigenvalue weighted by Gasteiger charge is 2.07. The summed E-state index contributed by atoms with van der Waals surface area (Å²) in [6, 6.07) is 9.80. The molecule has 2 nitrogen and oxygen atoms in total. The van der Waals surface area contributed by atoms with E-state index in [0.717, 1.165) is 25.7 Å². The molecule has 0 bridgehead atoms. The smallest absolute Gasteiger partial charge is 0.0686 e. The quantitative estimate of drug-likeness (QED) is 0.750. The molecule has 2 heterocycles. The van der Waals surface area contributed by atoms with Crippen LogP contribution in [0.5, 0.6) is 0 Å². The van der Waals surface area contributed by atoms with Crippen LogP contribution < -0.4 is 0 Å². The molecule has 0 saturated heterocycles. The summed E-state index contributed by atoms with van der Waals surface area (Å²) < 4.78 is 0. The third kappa shape index (κ3) is 3.53. The average molecular weight is 264 g/mol. The SMILES string of the molecule is C1=CC(CCc2ccc(CCC3C=CC=N3)cc2)N=C1. The lowest BCUT2D eigenvalue weighted by atomic mass is 10.0. The van der Waals surface area contributed by atoms with Gasteiger partial charge in [0, 0.05) is 12.4 Å². The van der Waals surface area contributed by atoms with Gasteiger partial charge in [-0.15, -0.1) is 0 Å². The number of benzene rings is 1. The first-order valence-electron chi connectivity index (χ1n) is 7.38. The zero-order valence-corrected chi connectivity index (χ0v) is 11.7. The predicted octanol–water partition coefficient (Wildman–Crippen LogP) is 3.57. The third-order valence-electron chi connectivity index (χ3n) is 3.87. The second kappa shape index (κ2) is 6.47. The number of hydrogen-bond donors (Lipinski definition) is 0. The molecule has 2 aliphatic heterocycles. The van der Waals surface area contributed by atoms with Crippen molar-refractivity contribution in [1.29, 1.82) is 0 Å². The molecule has 0 aliphatic carbocycles. The third-order valence-corrected chi connectivity index (χ3v) is 3.87. The van der Waals surface area contributed by atoms with E-state index in [4.69, 9.17) is 0 Å². The summed E-state index contributed by atoms with van der Waals surface area (Å²) in [5, 5.41) is 0. The molecule has 0 radical (unpaired) electrons. The summed E-state index contributed by atoms with van der Waals surface area (Å²) in [7, 11) is 0. The van der Waals surface area contributed by atoms with Crippen LogP contribution in [0.25, 0.3) is 0 Å². The average Bonchev–Trinajstić information content (AvgIpc) is 3.17. The Balaban J connectivity index is 1.46. The van der Waals surface area contributed by atoms with Gasteiger partial charge < -0.3 is 0 Å². The molecule has 0 saturated carbocycles. The van der Waals surface area contributed by atoms with Crippen molar-refractivity contribution in [1.82, 2.24) is 0 Å². The van der Waals surface area contributed by atoms with E-state index < -0.39 is 0 Å². The number of nitrogens with zero attached hydrogens (tertiary/aromatic N) is 2. The lowest BCUT2D eigenvalue weighted by molar-refractivity contribution is 0.726. The van der Waals surface area contributed by atoms with Crippen molar-refractivity contribution in [2.75, 3.05) is 0 Å². The molecule has 2 atom stereocenters. The largest absolute Gasteiger partial charge is 0.286 e. The molecule has 20 heavy (non-hydrogen) atoms. The van der Waals surface area contributed by atoms with Crippen molar-refractivity contribution in [2.45, 2.75) is 37.8 Å². The maximum absolute atomic E-state index is 4.39.